The summed E-state index contributed by atoms with van der Waals surface area (Å²) in [5, 5.41) is 11.4. The van der Waals surface area contributed by atoms with Crippen molar-refractivity contribution >= 4 is 17.8 Å². The fourth-order valence-electron chi connectivity index (χ4n) is 1.13. The average Bonchev–Trinajstić information content (AvgIpc) is 2.32. The number of halogens is 5. The summed E-state index contributed by atoms with van der Waals surface area (Å²) in [4.78, 5) is 32.4. The van der Waals surface area contributed by atoms with Crippen LogP contribution in [0.5, 0.6) is 0 Å². The summed E-state index contributed by atoms with van der Waals surface area (Å²) in [5.74, 6) is -11.5. The second kappa shape index (κ2) is 7.18. The number of carbonyl (C=O) groups excluding carboxylic acids is 3. The lowest BCUT2D eigenvalue weighted by atomic mass is 10.1. The summed E-state index contributed by atoms with van der Waals surface area (Å²) in [6.07, 6.45) is -7.74. The van der Waals surface area contributed by atoms with Gasteiger partial charge in [-0.25, -0.2) is 4.79 Å². The van der Waals surface area contributed by atoms with E-state index in [0.29, 0.717) is 0 Å². The van der Waals surface area contributed by atoms with Gasteiger partial charge in [0, 0.05) is 5.97 Å². The quantitative estimate of drug-likeness (QED) is 0.516. The molecular weight excluding hydrogens is 309 g/mol. The van der Waals surface area contributed by atoms with Crippen LogP contribution >= 0.6 is 0 Å². The maximum atomic E-state index is 12.7. The highest BCUT2D eigenvalue weighted by Gasteiger charge is 2.63. The van der Waals surface area contributed by atoms with Crippen LogP contribution in [0, 0.1) is 0 Å². The number of alkyl halides is 5. The van der Waals surface area contributed by atoms with E-state index in [1.165, 1.54) is 6.92 Å². The smallest absolute Gasteiger partial charge is 0.463 e. The molecule has 0 saturated heterocycles. The fraction of sp³-hybridized carbons (Fsp3) is 0.700. The van der Waals surface area contributed by atoms with Crippen molar-refractivity contribution in [2.75, 3.05) is 6.61 Å². The van der Waals surface area contributed by atoms with Crippen molar-refractivity contribution in [1.29, 1.82) is 0 Å². The molecule has 0 fully saturated rings. The predicted octanol–water partition coefficient (Wildman–Crippen LogP) is -0.238. The molecule has 1 amide bonds. The van der Waals surface area contributed by atoms with E-state index < -0.39 is 48.8 Å². The molecule has 0 radical (unpaired) electrons. The van der Waals surface area contributed by atoms with Crippen molar-refractivity contribution in [3.63, 3.8) is 0 Å². The molecule has 0 aliphatic rings. The van der Waals surface area contributed by atoms with Crippen LogP contribution in [0.3, 0.4) is 0 Å². The van der Waals surface area contributed by atoms with Crippen molar-refractivity contribution in [2.24, 2.45) is 0 Å². The third-order valence-corrected chi connectivity index (χ3v) is 2.15. The van der Waals surface area contributed by atoms with Gasteiger partial charge in [-0.05, 0) is 19.8 Å². The molecule has 21 heavy (non-hydrogen) atoms. The second-order valence-electron chi connectivity index (χ2n) is 3.76. The number of hydrogen-bond acceptors (Lipinski definition) is 5. The number of amides is 1. The number of ether oxygens (including phenoxy) is 1. The largest absolute Gasteiger partial charge is 0.550 e. The van der Waals surface area contributed by atoms with E-state index in [0.717, 1.165) is 5.32 Å². The Hall–Kier alpha value is -1.94. The number of nitrogens with one attached hydrogen (secondary N) is 1. The van der Waals surface area contributed by atoms with E-state index in [1.54, 1.807) is 0 Å². The molecule has 0 aromatic rings. The Bertz CT molecular complexity index is 409. The maximum Gasteiger partial charge on any atom is 0.463 e. The summed E-state index contributed by atoms with van der Waals surface area (Å²) < 4.78 is 65.7. The Morgan fingerprint density at radius 3 is 2.10 bits per heavy atom. The molecular formula is C10H11F5NO5-. The summed E-state index contributed by atoms with van der Waals surface area (Å²) in [7, 11) is 0. The van der Waals surface area contributed by atoms with Gasteiger partial charge < -0.3 is 20.0 Å². The Kier molecular flexibility index (Phi) is 6.52. The zero-order valence-electron chi connectivity index (χ0n) is 10.6. The highest BCUT2D eigenvalue weighted by atomic mass is 19.4. The molecule has 1 atom stereocenters. The average molecular weight is 320 g/mol. The normalized spacial score (nSPS) is 13.4. The molecule has 0 bridgehead atoms. The first-order chi connectivity index (χ1) is 9.43. The number of rotatable bonds is 7. The summed E-state index contributed by atoms with van der Waals surface area (Å²) in [6.45, 7) is 1.08. The van der Waals surface area contributed by atoms with E-state index in [4.69, 9.17) is 0 Å². The van der Waals surface area contributed by atoms with Crippen LogP contribution < -0.4 is 10.4 Å². The first-order valence-electron chi connectivity index (χ1n) is 5.55. The van der Waals surface area contributed by atoms with Gasteiger partial charge in [0.15, 0.2) is 0 Å². The lowest BCUT2D eigenvalue weighted by molar-refractivity contribution is -0.305. The molecule has 0 aromatic carbocycles. The molecule has 0 rings (SSSR count). The van der Waals surface area contributed by atoms with Crippen LogP contribution in [-0.4, -0.2) is 42.6 Å². The van der Waals surface area contributed by atoms with Gasteiger partial charge in [0.25, 0.3) is 0 Å². The molecule has 0 aliphatic carbocycles. The third kappa shape index (κ3) is 5.52. The number of carboxylic acids is 1. The molecule has 6 nitrogen and oxygen atoms in total. The van der Waals surface area contributed by atoms with Crippen molar-refractivity contribution < 1.29 is 46.2 Å². The zero-order valence-corrected chi connectivity index (χ0v) is 10.6. The van der Waals surface area contributed by atoms with Gasteiger partial charge in [-0.15, -0.1) is 0 Å². The minimum Gasteiger partial charge on any atom is -0.550 e. The van der Waals surface area contributed by atoms with Crippen LogP contribution in [-0.2, 0) is 19.1 Å². The van der Waals surface area contributed by atoms with Gasteiger partial charge in [-0.3, -0.25) is 4.79 Å². The molecule has 0 spiro atoms. The topological polar surface area (TPSA) is 95.5 Å². The highest BCUT2D eigenvalue weighted by molar-refractivity contribution is 5.89. The summed E-state index contributed by atoms with van der Waals surface area (Å²) >= 11 is 0. The Morgan fingerprint density at radius 1 is 1.19 bits per heavy atom. The Labute approximate surface area is 115 Å². The molecule has 0 aliphatic heterocycles. The van der Waals surface area contributed by atoms with Gasteiger partial charge in [-0.2, -0.15) is 22.0 Å². The fourth-order valence-corrected chi connectivity index (χ4v) is 1.13. The molecule has 0 unspecified atom stereocenters. The number of aliphatic carboxylic acids is 1. The second-order valence-corrected chi connectivity index (χ2v) is 3.76. The van der Waals surface area contributed by atoms with Crippen LogP contribution in [0.4, 0.5) is 22.0 Å². The van der Waals surface area contributed by atoms with Crippen LogP contribution in [0.25, 0.3) is 0 Å². The highest BCUT2D eigenvalue weighted by Crippen LogP contribution is 2.35. The monoisotopic (exact) mass is 320 g/mol. The van der Waals surface area contributed by atoms with E-state index in [9.17, 15) is 41.4 Å². The summed E-state index contributed by atoms with van der Waals surface area (Å²) in [5.41, 5.74) is 0. The van der Waals surface area contributed by atoms with Crippen molar-refractivity contribution in [2.45, 2.75) is 37.9 Å². The van der Waals surface area contributed by atoms with E-state index in [1.807, 2.05) is 0 Å². The lowest BCUT2D eigenvalue weighted by Gasteiger charge is -2.22. The Balaban J connectivity index is 4.99. The minimum absolute atomic E-state index is 0.244. The summed E-state index contributed by atoms with van der Waals surface area (Å²) in [6, 6.07) is -1.96. The van der Waals surface area contributed by atoms with Crippen molar-refractivity contribution in [3.8, 4) is 0 Å². The zero-order chi connectivity index (χ0) is 16.8. The maximum absolute atomic E-state index is 12.7. The standard InChI is InChI=1S/C10H12F5NO5/c1-2-21-7(19)5(3-4-6(17)18)16-8(20)9(11,12)10(13,14)15/h5H,2-4H2,1H3,(H,16,20)(H,17,18)/p-1/t5-/m0/s1. The third-order valence-electron chi connectivity index (χ3n) is 2.15. The van der Waals surface area contributed by atoms with Crippen LogP contribution in [0.15, 0.2) is 0 Å². The van der Waals surface area contributed by atoms with Crippen LogP contribution in [0.1, 0.15) is 19.8 Å². The van der Waals surface area contributed by atoms with Gasteiger partial charge in [-0.1, -0.05) is 0 Å². The predicted molar refractivity (Wildman–Crippen MR) is 53.8 cm³/mol. The van der Waals surface area contributed by atoms with Gasteiger partial charge in [0.05, 0.1) is 6.61 Å². The molecule has 0 aromatic heterocycles. The lowest BCUT2D eigenvalue weighted by Crippen LogP contribution is -2.55. The molecule has 0 saturated carbocycles. The van der Waals surface area contributed by atoms with Crippen molar-refractivity contribution in [1.82, 2.24) is 5.32 Å². The molecule has 0 heterocycles. The van der Waals surface area contributed by atoms with Gasteiger partial charge in [0.2, 0.25) is 0 Å². The van der Waals surface area contributed by atoms with Crippen molar-refractivity contribution in [3.05, 3.63) is 0 Å². The number of esters is 1. The Morgan fingerprint density at radius 2 is 1.71 bits per heavy atom. The van der Waals surface area contributed by atoms with E-state index in [-0.39, 0.29) is 6.61 Å². The molecule has 122 valence electrons. The van der Waals surface area contributed by atoms with E-state index in [2.05, 4.69) is 4.74 Å². The SMILES string of the molecule is CCOC(=O)[C@H](CCC(=O)[O-])NC(=O)C(F)(F)C(F)(F)F. The first kappa shape index (κ1) is 19.1. The number of hydrogen-bond donors (Lipinski definition) is 1. The van der Waals surface area contributed by atoms with Gasteiger partial charge in [0.1, 0.15) is 6.04 Å². The molecule has 11 heteroatoms. The number of carbonyl (C=O) groups is 3. The number of carboxylic acid groups (broad SMARTS) is 1. The minimum atomic E-state index is -6.15. The first-order valence-corrected chi connectivity index (χ1v) is 5.55. The van der Waals surface area contributed by atoms with Gasteiger partial charge >= 0.3 is 24.0 Å². The van der Waals surface area contributed by atoms with Crippen LogP contribution in [0.2, 0.25) is 0 Å². The molecule has 1 N–H and O–H groups in total. The van der Waals surface area contributed by atoms with E-state index >= 15 is 0 Å².